The lowest BCUT2D eigenvalue weighted by atomic mass is 9.70. The van der Waals surface area contributed by atoms with Crippen LogP contribution in [0.3, 0.4) is 0 Å². The van der Waals surface area contributed by atoms with Gasteiger partial charge in [-0.2, -0.15) is 0 Å². The van der Waals surface area contributed by atoms with E-state index in [1.807, 2.05) is 0 Å². The summed E-state index contributed by atoms with van der Waals surface area (Å²) < 4.78 is 5.65. The molecule has 0 saturated heterocycles. The first-order valence-corrected chi connectivity index (χ1v) is 19.6. The van der Waals surface area contributed by atoms with Gasteiger partial charge < -0.3 is 4.74 Å². The van der Waals surface area contributed by atoms with Gasteiger partial charge in [0.05, 0.1) is 0 Å². The van der Waals surface area contributed by atoms with Gasteiger partial charge >= 0.3 is 5.97 Å². The average Bonchev–Trinajstić information content (AvgIpc) is 3.08. The molecular weight excluding hydrogens is 528 g/mol. The number of rotatable bonds is 9. The lowest BCUT2D eigenvalue weighted by Gasteiger charge is -2.50. The van der Waals surface area contributed by atoms with Crippen molar-refractivity contribution in [1.82, 2.24) is 9.80 Å². The number of esters is 1. The van der Waals surface area contributed by atoms with Crippen molar-refractivity contribution >= 4 is 5.97 Å². The van der Waals surface area contributed by atoms with E-state index in [1.54, 1.807) is 0 Å². The van der Waals surface area contributed by atoms with Crippen molar-refractivity contribution in [2.24, 2.45) is 11.8 Å². The molecule has 0 radical (unpaired) electrons. The molecule has 0 heterocycles. The Morgan fingerprint density at radius 2 is 0.744 bits per heavy atom. The highest BCUT2D eigenvalue weighted by atomic mass is 16.5. The van der Waals surface area contributed by atoms with Crippen LogP contribution >= 0.6 is 0 Å². The van der Waals surface area contributed by atoms with Crippen LogP contribution in [-0.2, 0) is 9.53 Å². The Balaban J connectivity index is 1.02. The van der Waals surface area contributed by atoms with Gasteiger partial charge in [-0.25, -0.2) is 4.79 Å². The molecule has 0 aromatic rings. The molecule has 0 aromatic carbocycles. The summed E-state index contributed by atoms with van der Waals surface area (Å²) in [5.41, 5.74) is 0. The third-order valence-corrected chi connectivity index (χ3v) is 13.5. The van der Waals surface area contributed by atoms with Gasteiger partial charge in [-0.05, 0) is 127 Å². The normalized spacial score (nSPS) is 36.0. The minimum absolute atomic E-state index is 0.105. The lowest BCUT2D eigenvalue weighted by Crippen LogP contribution is -2.53. The SMILES string of the molecule is C=CC(=O)OC1CCC(N(C2CCCCC2)C2CCC(C3CCC(N(C4CCCCC4)C4CCCCC4)CC3)CC2)CC1. The number of nitrogens with zero attached hydrogens (tertiary/aromatic N) is 2. The monoisotopic (exact) mass is 595 g/mol. The summed E-state index contributed by atoms with van der Waals surface area (Å²) in [6, 6.07) is 4.99. The summed E-state index contributed by atoms with van der Waals surface area (Å²) in [5.74, 6) is 1.74. The summed E-state index contributed by atoms with van der Waals surface area (Å²) in [5, 5.41) is 0. The number of ether oxygens (including phenoxy) is 1. The molecule has 0 N–H and O–H groups in total. The van der Waals surface area contributed by atoms with Crippen LogP contribution < -0.4 is 0 Å². The first kappa shape index (κ1) is 32.1. The number of carbonyl (C=O) groups is 1. The van der Waals surface area contributed by atoms with E-state index in [-0.39, 0.29) is 12.1 Å². The van der Waals surface area contributed by atoms with Crippen LogP contribution in [-0.4, -0.2) is 58.1 Å². The summed E-state index contributed by atoms with van der Waals surface area (Å²) in [6.45, 7) is 3.60. The molecule has 4 heteroatoms. The van der Waals surface area contributed by atoms with Crippen LogP contribution in [0.15, 0.2) is 12.7 Å². The smallest absolute Gasteiger partial charge is 0.330 e. The Labute approximate surface area is 265 Å². The second kappa shape index (κ2) is 16.1. The molecule has 0 aromatic heterocycles. The third kappa shape index (κ3) is 8.30. The predicted octanol–water partition coefficient (Wildman–Crippen LogP) is 9.75. The van der Waals surface area contributed by atoms with Crippen molar-refractivity contribution < 1.29 is 9.53 Å². The maximum atomic E-state index is 11.8. The third-order valence-electron chi connectivity index (χ3n) is 13.5. The molecule has 0 spiro atoms. The molecule has 6 rings (SSSR count). The van der Waals surface area contributed by atoms with Crippen molar-refractivity contribution in [3.63, 3.8) is 0 Å². The zero-order valence-electron chi connectivity index (χ0n) is 27.8. The maximum absolute atomic E-state index is 11.8. The Kier molecular flexibility index (Phi) is 12.0. The largest absolute Gasteiger partial charge is 0.459 e. The fourth-order valence-electron chi connectivity index (χ4n) is 11.3. The molecule has 0 bridgehead atoms. The van der Waals surface area contributed by atoms with E-state index in [4.69, 9.17) is 4.74 Å². The van der Waals surface area contributed by atoms with E-state index < -0.39 is 0 Å². The standard InChI is InChI=1S/C39H66N2O2/c1-2-39(42)43-38-28-26-37(27-29-38)41(34-16-10-5-11-17-34)36-24-20-31(21-25-36)30-18-22-35(23-19-30)40(32-12-6-3-7-13-32)33-14-8-4-9-15-33/h2,30-38H,1,3-29H2. The topological polar surface area (TPSA) is 32.8 Å². The number of hydrogen-bond acceptors (Lipinski definition) is 4. The van der Waals surface area contributed by atoms with Crippen LogP contribution in [0.1, 0.15) is 173 Å². The fourth-order valence-corrected chi connectivity index (χ4v) is 11.3. The highest BCUT2D eigenvalue weighted by Crippen LogP contribution is 2.44. The van der Waals surface area contributed by atoms with Crippen molar-refractivity contribution in [2.45, 2.75) is 216 Å². The second-order valence-corrected chi connectivity index (χ2v) is 16.0. The van der Waals surface area contributed by atoms with E-state index in [9.17, 15) is 4.79 Å². The first-order valence-electron chi connectivity index (χ1n) is 19.6. The molecule has 6 aliphatic carbocycles. The molecule has 244 valence electrons. The van der Waals surface area contributed by atoms with E-state index in [1.165, 1.54) is 167 Å². The van der Waals surface area contributed by atoms with Crippen molar-refractivity contribution in [3.8, 4) is 0 Å². The van der Waals surface area contributed by atoms with E-state index in [2.05, 4.69) is 16.4 Å². The summed E-state index contributed by atoms with van der Waals surface area (Å²) in [4.78, 5) is 18.0. The second-order valence-electron chi connectivity index (χ2n) is 16.0. The van der Waals surface area contributed by atoms with Crippen LogP contribution in [0.2, 0.25) is 0 Å². The van der Waals surface area contributed by atoms with Gasteiger partial charge in [0, 0.05) is 42.3 Å². The van der Waals surface area contributed by atoms with Crippen LogP contribution in [0.4, 0.5) is 0 Å². The highest BCUT2D eigenvalue weighted by Gasteiger charge is 2.41. The van der Waals surface area contributed by atoms with Crippen molar-refractivity contribution in [2.75, 3.05) is 0 Å². The number of hydrogen-bond donors (Lipinski definition) is 0. The molecule has 4 nitrogen and oxygen atoms in total. The first-order chi connectivity index (χ1) is 21.2. The van der Waals surface area contributed by atoms with Gasteiger partial charge in [-0.3, -0.25) is 9.80 Å². The minimum atomic E-state index is -0.240. The van der Waals surface area contributed by atoms with Gasteiger partial charge in [0.25, 0.3) is 0 Å². The highest BCUT2D eigenvalue weighted by molar-refractivity contribution is 5.81. The van der Waals surface area contributed by atoms with E-state index in [0.29, 0.717) is 6.04 Å². The molecule has 6 saturated carbocycles. The Bertz CT molecular complexity index is 815. The van der Waals surface area contributed by atoms with E-state index >= 15 is 0 Å². The van der Waals surface area contributed by atoms with Gasteiger partial charge in [0.15, 0.2) is 0 Å². The summed E-state index contributed by atoms with van der Waals surface area (Å²) in [7, 11) is 0. The van der Waals surface area contributed by atoms with Crippen LogP contribution in [0.25, 0.3) is 0 Å². The zero-order valence-corrected chi connectivity index (χ0v) is 27.8. The molecule has 6 fully saturated rings. The Morgan fingerprint density at radius 1 is 0.442 bits per heavy atom. The van der Waals surface area contributed by atoms with Crippen molar-refractivity contribution in [3.05, 3.63) is 12.7 Å². The van der Waals surface area contributed by atoms with Gasteiger partial charge in [0.1, 0.15) is 6.10 Å². The summed E-state index contributed by atoms with van der Waals surface area (Å²) in [6.07, 6.45) is 39.7. The average molecular weight is 595 g/mol. The Morgan fingerprint density at radius 3 is 1.07 bits per heavy atom. The van der Waals surface area contributed by atoms with Gasteiger partial charge in [-0.15, -0.1) is 0 Å². The van der Waals surface area contributed by atoms with Gasteiger partial charge in [0.2, 0.25) is 0 Å². The fraction of sp³-hybridized carbons (Fsp3) is 0.923. The van der Waals surface area contributed by atoms with E-state index in [0.717, 1.165) is 54.9 Å². The van der Waals surface area contributed by atoms with Crippen molar-refractivity contribution in [1.29, 1.82) is 0 Å². The molecule has 0 unspecified atom stereocenters. The van der Waals surface area contributed by atoms with Crippen LogP contribution in [0, 0.1) is 11.8 Å². The molecule has 6 aliphatic rings. The minimum Gasteiger partial charge on any atom is -0.459 e. The predicted molar refractivity (Wildman–Crippen MR) is 178 cm³/mol. The number of carbonyl (C=O) groups excluding carboxylic acids is 1. The maximum Gasteiger partial charge on any atom is 0.330 e. The zero-order chi connectivity index (χ0) is 29.4. The lowest BCUT2D eigenvalue weighted by molar-refractivity contribution is -0.145. The quantitative estimate of drug-likeness (QED) is 0.196. The van der Waals surface area contributed by atoms with Crippen LogP contribution in [0.5, 0.6) is 0 Å². The Hall–Kier alpha value is -0.870. The van der Waals surface area contributed by atoms with Gasteiger partial charge in [-0.1, -0.05) is 64.4 Å². The molecule has 43 heavy (non-hydrogen) atoms. The molecule has 0 amide bonds. The molecular formula is C39H66N2O2. The molecule has 0 aliphatic heterocycles. The summed E-state index contributed by atoms with van der Waals surface area (Å²) >= 11 is 0. The molecule has 0 atom stereocenters.